The van der Waals surface area contributed by atoms with E-state index in [9.17, 15) is 0 Å². The molecule has 1 aromatic carbocycles. The van der Waals surface area contributed by atoms with Crippen molar-refractivity contribution in [1.82, 2.24) is 4.90 Å². The molecule has 0 atom stereocenters. The topological polar surface area (TPSA) is 38.5 Å². The lowest BCUT2D eigenvalue weighted by Gasteiger charge is -2.29. The number of aryl methyl sites for hydroxylation is 2. The predicted octanol–water partition coefficient (Wildman–Crippen LogP) is 2.41. The molecule has 1 aliphatic rings. The minimum atomic E-state index is 0.402. The number of likely N-dealkylation sites (tertiary alicyclic amines) is 1. The molecular formula is C16H26N2O. The molecule has 1 heterocycles. The van der Waals surface area contributed by atoms with Gasteiger partial charge in [0.1, 0.15) is 12.4 Å². The number of benzene rings is 1. The zero-order chi connectivity index (χ0) is 13.8. The third-order valence-electron chi connectivity index (χ3n) is 4.06. The maximum Gasteiger partial charge on any atom is 0.122 e. The summed E-state index contributed by atoms with van der Waals surface area (Å²) in [5, 5.41) is 0. The highest BCUT2D eigenvalue weighted by molar-refractivity contribution is 5.41. The van der Waals surface area contributed by atoms with Crippen LogP contribution in [0.2, 0.25) is 0 Å². The number of piperidine rings is 1. The Hall–Kier alpha value is -1.06. The first-order valence-corrected chi connectivity index (χ1v) is 7.25. The van der Waals surface area contributed by atoms with Crippen LogP contribution in [0, 0.1) is 20.8 Å². The van der Waals surface area contributed by atoms with Crippen molar-refractivity contribution >= 4 is 0 Å². The van der Waals surface area contributed by atoms with Gasteiger partial charge in [-0.3, -0.25) is 4.90 Å². The molecule has 1 saturated heterocycles. The van der Waals surface area contributed by atoms with Crippen molar-refractivity contribution in [2.24, 2.45) is 5.73 Å². The van der Waals surface area contributed by atoms with E-state index in [-0.39, 0.29) is 0 Å². The lowest BCUT2D eigenvalue weighted by molar-refractivity contribution is 0.173. The molecule has 2 rings (SSSR count). The molecule has 0 aliphatic carbocycles. The van der Waals surface area contributed by atoms with Crippen LogP contribution in [-0.2, 0) is 0 Å². The second-order valence-electron chi connectivity index (χ2n) is 5.73. The number of ether oxygens (including phenoxy) is 1. The Bertz CT molecular complexity index is 423. The average Bonchev–Trinajstić information content (AvgIpc) is 2.37. The minimum absolute atomic E-state index is 0.402. The zero-order valence-corrected chi connectivity index (χ0v) is 12.4. The molecule has 1 aliphatic heterocycles. The maximum absolute atomic E-state index is 5.96. The van der Waals surface area contributed by atoms with Crippen LogP contribution in [0.15, 0.2) is 12.1 Å². The van der Waals surface area contributed by atoms with Crippen LogP contribution in [0.3, 0.4) is 0 Å². The van der Waals surface area contributed by atoms with Gasteiger partial charge in [-0.05, 0) is 69.5 Å². The van der Waals surface area contributed by atoms with Crippen molar-refractivity contribution in [2.45, 2.75) is 39.7 Å². The van der Waals surface area contributed by atoms with E-state index in [4.69, 9.17) is 10.5 Å². The fourth-order valence-corrected chi connectivity index (χ4v) is 2.61. The Morgan fingerprint density at radius 2 is 1.89 bits per heavy atom. The van der Waals surface area contributed by atoms with E-state index >= 15 is 0 Å². The molecule has 0 amide bonds. The number of nitrogens with two attached hydrogens (primary N) is 1. The van der Waals surface area contributed by atoms with Gasteiger partial charge in [0.2, 0.25) is 0 Å². The Morgan fingerprint density at radius 1 is 1.21 bits per heavy atom. The van der Waals surface area contributed by atoms with Crippen molar-refractivity contribution in [3.63, 3.8) is 0 Å². The first-order chi connectivity index (χ1) is 9.06. The van der Waals surface area contributed by atoms with Gasteiger partial charge in [0.15, 0.2) is 0 Å². The number of hydrogen-bond acceptors (Lipinski definition) is 3. The highest BCUT2D eigenvalue weighted by Gasteiger charge is 2.15. The molecule has 106 valence electrons. The molecule has 0 saturated carbocycles. The lowest BCUT2D eigenvalue weighted by Crippen LogP contribution is -2.41. The van der Waals surface area contributed by atoms with Crippen molar-refractivity contribution in [2.75, 3.05) is 26.2 Å². The van der Waals surface area contributed by atoms with E-state index in [0.29, 0.717) is 6.04 Å². The molecule has 0 unspecified atom stereocenters. The van der Waals surface area contributed by atoms with E-state index in [0.717, 1.165) is 44.8 Å². The molecule has 1 aromatic rings. The average molecular weight is 262 g/mol. The molecule has 0 bridgehead atoms. The van der Waals surface area contributed by atoms with Crippen LogP contribution in [0.25, 0.3) is 0 Å². The van der Waals surface area contributed by atoms with E-state index in [1.807, 2.05) is 0 Å². The van der Waals surface area contributed by atoms with Crippen LogP contribution < -0.4 is 10.5 Å². The third-order valence-corrected chi connectivity index (χ3v) is 4.06. The van der Waals surface area contributed by atoms with E-state index in [1.54, 1.807) is 0 Å². The molecule has 19 heavy (non-hydrogen) atoms. The van der Waals surface area contributed by atoms with Crippen molar-refractivity contribution in [3.05, 3.63) is 28.8 Å². The van der Waals surface area contributed by atoms with Crippen molar-refractivity contribution < 1.29 is 4.74 Å². The minimum Gasteiger partial charge on any atom is -0.492 e. The number of nitrogens with zero attached hydrogens (tertiary/aromatic N) is 1. The Morgan fingerprint density at radius 3 is 2.58 bits per heavy atom. The van der Waals surface area contributed by atoms with Crippen LogP contribution in [-0.4, -0.2) is 37.2 Å². The molecule has 3 heteroatoms. The molecule has 1 fully saturated rings. The second-order valence-corrected chi connectivity index (χ2v) is 5.73. The van der Waals surface area contributed by atoms with Gasteiger partial charge >= 0.3 is 0 Å². The van der Waals surface area contributed by atoms with E-state index in [2.05, 4.69) is 37.8 Å². The SMILES string of the molecule is Cc1cc(C)c(C)c(OCCN2CCC(N)CC2)c1. The second kappa shape index (κ2) is 6.40. The number of hydrogen-bond donors (Lipinski definition) is 1. The molecule has 0 aromatic heterocycles. The Labute approximate surface area is 116 Å². The standard InChI is InChI=1S/C16H26N2O/c1-12-10-13(2)14(3)16(11-12)19-9-8-18-6-4-15(17)5-7-18/h10-11,15H,4-9,17H2,1-3H3. The first kappa shape index (κ1) is 14.4. The van der Waals surface area contributed by atoms with Crippen molar-refractivity contribution in [1.29, 1.82) is 0 Å². The largest absolute Gasteiger partial charge is 0.492 e. The Balaban J connectivity index is 1.83. The highest BCUT2D eigenvalue weighted by atomic mass is 16.5. The normalized spacial score (nSPS) is 17.7. The van der Waals surface area contributed by atoms with Crippen LogP contribution in [0.5, 0.6) is 5.75 Å². The summed E-state index contributed by atoms with van der Waals surface area (Å²) in [4.78, 5) is 2.45. The summed E-state index contributed by atoms with van der Waals surface area (Å²) in [7, 11) is 0. The summed E-state index contributed by atoms with van der Waals surface area (Å²) in [6.45, 7) is 10.4. The lowest BCUT2D eigenvalue weighted by atomic mass is 10.1. The Kier molecular flexibility index (Phi) is 4.83. The van der Waals surface area contributed by atoms with Gasteiger partial charge in [-0.1, -0.05) is 6.07 Å². The van der Waals surface area contributed by atoms with Gasteiger partial charge in [0, 0.05) is 12.6 Å². The summed E-state index contributed by atoms with van der Waals surface area (Å²) in [5.74, 6) is 1.03. The van der Waals surface area contributed by atoms with Gasteiger partial charge in [-0.25, -0.2) is 0 Å². The van der Waals surface area contributed by atoms with Gasteiger partial charge < -0.3 is 10.5 Å². The highest BCUT2D eigenvalue weighted by Crippen LogP contribution is 2.23. The van der Waals surface area contributed by atoms with Crippen LogP contribution in [0.4, 0.5) is 0 Å². The quantitative estimate of drug-likeness (QED) is 0.905. The summed E-state index contributed by atoms with van der Waals surface area (Å²) in [6.07, 6.45) is 2.23. The summed E-state index contributed by atoms with van der Waals surface area (Å²) < 4.78 is 5.96. The molecule has 0 spiro atoms. The van der Waals surface area contributed by atoms with E-state index in [1.165, 1.54) is 16.7 Å². The van der Waals surface area contributed by atoms with E-state index < -0.39 is 0 Å². The summed E-state index contributed by atoms with van der Waals surface area (Å²) >= 11 is 0. The first-order valence-electron chi connectivity index (χ1n) is 7.25. The molecular weight excluding hydrogens is 236 g/mol. The zero-order valence-electron chi connectivity index (χ0n) is 12.4. The van der Waals surface area contributed by atoms with Gasteiger partial charge in [0.25, 0.3) is 0 Å². The molecule has 0 radical (unpaired) electrons. The van der Waals surface area contributed by atoms with Gasteiger partial charge in [-0.15, -0.1) is 0 Å². The number of rotatable bonds is 4. The fourth-order valence-electron chi connectivity index (χ4n) is 2.61. The predicted molar refractivity (Wildman–Crippen MR) is 79.8 cm³/mol. The van der Waals surface area contributed by atoms with Crippen LogP contribution >= 0.6 is 0 Å². The van der Waals surface area contributed by atoms with Crippen LogP contribution in [0.1, 0.15) is 29.5 Å². The van der Waals surface area contributed by atoms with Crippen molar-refractivity contribution in [3.8, 4) is 5.75 Å². The monoisotopic (exact) mass is 262 g/mol. The molecule has 3 nitrogen and oxygen atoms in total. The maximum atomic E-state index is 5.96. The van der Waals surface area contributed by atoms with Gasteiger partial charge in [-0.2, -0.15) is 0 Å². The fraction of sp³-hybridized carbons (Fsp3) is 0.625. The smallest absolute Gasteiger partial charge is 0.122 e. The third kappa shape index (κ3) is 3.95. The van der Waals surface area contributed by atoms with Gasteiger partial charge in [0.05, 0.1) is 0 Å². The summed E-state index contributed by atoms with van der Waals surface area (Å²) in [5.41, 5.74) is 9.74. The summed E-state index contributed by atoms with van der Waals surface area (Å²) in [6, 6.07) is 4.74. The molecule has 2 N–H and O–H groups in total.